The van der Waals surface area contributed by atoms with E-state index >= 15 is 0 Å². The highest BCUT2D eigenvalue weighted by atomic mass is 16.5. The number of rotatable bonds is 5. The molecule has 154 valence electrons. The topological polar surface area (TPSA) is 55.6 Å². The highest BCUT2D eigenvalue weighted by molar-refractivity contribution is 5.94. The number of nitrogens with zero attached hydrogens (tertiary/aromatic N) is 5. The molecule has 0 spiro atoms. The summed E-state index contributed by atoms with van der Waals surface area (Å²) in [6.45, 7) is 2.80. The zero-order valence-corrected chi connectivity index (χ0v) is 17.8. The molecule has 0 bridgehead atoms. The Hall–Kier alpha value is -3.93. The molecule has 5 rings (SSSR count). The molecule has 5 aromatic rings. The second kappa shape index (κ2) is 7.72. The Kier molecular flexibility index (Phi) is 4.75. The third-order valence-electron chi connectivity index (χ3n) is 5.43. The molecule has 0 unspecified atom stereocenters. The summed E-state index contributed by atoms with van der Waals surface area (Å²) >= 11 is 0. The minimum Gasteiger partial charge on any atom is -0.497 e. The molecule has 0 aliphatic carbocycles. The number of methoxy groups -OCH3 is 1. The van der Waals surface area contributed by atoms with Gasteiger partial charge in [-0.25, -0.2) is 9.38 Å². The Morgan fingerprint density at radius 1 is 0.935 bits per heavy atom. The maximum absolute atomic E-state index is 5.31. The van der Waals surface area contributed by atoms with Crippen molar-refractivity contribution >= 4 is 22.5 Å². The van der Waals surface area contributed by atoms with E-state index in [1.807, 2.05) is 47.8 Å². The maximum atomic E-state index is 5.31. The number of ether oxygens (including phenoxy) is 1. The van der Waals surface area contributed by atoms with Crippen LogP contribution in [0.2, 0.25) is 0 Å². The van der Waals surface area contributed by atoms with Crippen LogP contribution in [0.3, 0.4) is 0 Å². The normalized spacial score (nSPS) is 11.2. The van der Waals surface area contributed by atoms with E-state index in [2.05, 4.69) is 58.4 Å². The van der Waals surface area contributed by atoms with Gasteiger partial charge in [-0.05, 0) is 48.9 Å². The predicted octanol–water partition coefficient (Wildman–Crippen LogP) is 4.90. The first-order chi connectivity index (χ1) is 15.1. The average Bonchev–Trinajstić information content (AvgIpc) is 3.25. The van der Waals surface area contributed by atoms with Crippen LogP contribution < -0.4 is 9.64 Å². The van der Waals surface area contributed by atoms with Crippen LogP contribution in [-0.4, -0.2) is 33.7 Å². The van der Waals surface area contributed by atoms with Crippen molar-refractivity contribution in [3.05, 3.63) is 83.9 Å². The number of fused-ring (bicyclic) bond motifs is 3. The second-order valence-corrected chi connectivity index (χ2v) is 7.69. The molecule has 3 aromatic carbocycles. The van der Waals surface area contributed by atoms with Crippen LogP contribution in [-0.2, 0) is 6.54 Å². The summed E-state index contributed by atoms with van der Waals surface area (Å²) in [5.41, 5.74) is 5.03. The summed E-state index contributed by atoms with van der Waals surface area (Å²) in [5.74, 6) is 2.35. The van der Waals surface area contributed by atoms with E-state index in [1.54, 1.807) is 7.11 Å². The summed E-state index contributed by atoms with van der Waals surface area (Å²) in [4.78, 5) is 7.15. The molecule has 0 aliphatic rings. The van der Waals surface area contributed by atoms with Gasteiger partial charge in [0.15, 0.2) is 11.5 Å². The SMILES string of the molecule is COc1ccc(-c2nnc3c4cc(C)ccc4nc(N(C)Cc4ccccc4)n23)cc1. The first-order valence-electron chi connectivity index (χ1n) is 10.2. The molecule has 0 aliphatic heterocycles. The van der Waals surface area contributed by atoms with E-state index < -0.39 is 0 Å². The van der Waals surface area contributed by atoms with Crippen LogP contribution in [0.4, 0.5) is 5.95 Å². The number of aromatic nitrogens is 4. The van der Waals surface area contributed by atoms with Crippen molar-refractivity contribution in [2.75, 3.05) is 19.1 Å². The molecule has 6 heteroatoms. The summed E-state index contributed by atoms with van der Waals surface area (Å²) in [6, 6.07) is 24.5. The standard InChI is InChI=1S/C25H23N5O/c1-17-9-14-22-21(15-17)24-28-27-23(19-10-12-20(31-3)13-11-19)30(24)25(26-22)29(2)16-18-7-5-4-6-8-18/h4-15H,16H2,1-3H3. The van der Waals surface area contributed by atoms with Gasteiger partial charge in [0, 0.05) is 24.5 Å². The van der Waals surface area contributed by atoms with Crippen LogP contribution in [0.25, 0.3) is 27.9 Å². The molecule has 0 fully saturated rings. The lowest BCUT2D eigenvalue weighted by Crippen LogP contribution is -2.21. The summed E-state index contributed by atoms with van der Waals surface area (Å²) in [7, 11) is 3.71. The molecule has 0 radical (unpaired) electrons. The molecular formula is C25H23N5O. The van der Waals surface area contributed by atoms with Crippen molar-refractivity contribution in [3.63, 3.8) is 0 Å². The Bertz CT molecular complexity index is 1360. The van der Waals surface area contributed by atoms with Gasteiger partial charge >= 0.3 is 0 Å². The first-order valence-corrected chi connectivity index (χ1v) is 10.2. The van der Waals surface area contributed by atoms with Gasteiger partial charge in [0.2, 0.25) is 5.95 Å². The molecule has 31 heavy (non-hydrogen) atoms. The monoisotopic (exact) mass is 409 g/mol. The van der Waals surface area contributed by atoms with Crippen molar-refractivity contribution < 1.29 is 4.74 Å². The molecule has 0 N–H and O–H groups in total. The smallest absolute Gasteiger partial charge is 0.213 e. The summed E-state index contributed by atoms with van der Waals surface area (Å²) in [5, 5.41) is 10.1. The van der Waals surface area contributed by atoms with Gasteiger partial charge in [0.05, 0.1) is 12.6 Å². The van der Waals surface area contributed by atoms with Crippen molar-refractivity contribution in [3.8, 4) is 17.1 Å². The number of aryl methyl sites for hydroxylation is 1. The van der Waals surface area contributed by atoms with E-state index in [1.165, 1.54) is 5.56 Å². The van der Waals surface area contributed by atoms with Crippen LogP contribution >= 0.6 is 0 Å². The largest absolute Gasteiger partial charge is 0.497 e. The fourth-order valence-electron chi connectivity index (χ4n) is 3.84. The number of hydrogen-bond acceptors (Lipinski definition) is 5. The molecule has 2 aromatic heterocycles. The van der Waals surface area contributed by atoms with Gasteiger partial charge in [0.25, 0.3) is 0 Å². The molecule has 0 saturated carbocycles. The van der Waals surface area contributed by atoms with Crippen LogP contribution in [0.1, 0.15) is 11.1 Å². The zero-order valence-electron chi connectivity index (χ0n) is 17.8. The van der Waals surface area contributed by atoms with Crippen LogP contribution in [0.15, 0.2) is 72.8 Å². The molecule has 0 atom stereocenters. The molecule has 6 nitrogen and oxygen atoms in total. The molecular weight excluding hydrogens is 386 g/mol. The zero-order chi connectivity index (χ0) is 21.4. The van der Waals surface area contributed by atoms with Gasteiger partial charge in [-0.3, -0.25) is 0 Å². The molecule has 0 amide bonds. The summed E-state index contributed by atoms with van der Waals surface area (Å²) < 4.78 is 7.36. The van der Waals surface area contributed by atoms with E-state index in [0.29, 0.717) is 0 Å². The first kappa shape index (κ1) is 19.1. The second-order valence-electron chi connectivity index (χ2n) is 7.69. The van der Waals surface area contributed by atoms with Crippen LogP contribution in [0, 0.1) is 6.92 Å². The number of benzene rings is 3. The Morgan fingerprint density at radius 3 is 2.45 bits per heavy atom. The lowest BCUT2D eigenvalue weighted by Gasteiger charge is -2.21. The Labute approximate surface area is 180 Å². The third-order valence-corrected chi connectivity index (χ3v) is 5.43. The van der Waals surface area contributed by atoms with Crippen molar-refractivity contribution in [2.45, 2.75) is 13.5 Å². The van der Waals surface area contributed by atoms with Gasteiger partial charge < -0.3 is 9.64 Å². The third kappa shape index (κ3) is 3.46. The number of hydrogen-bond donors (Lipinski definition) is 0. The van der Waals surface area contributed by atoms with E-state index in [4.69, 9.17) is 9.72 Å². The predicted molar refractivity (Wildman–Crippen MR) is 124 cm³/mol. The van der Waals surface area contributed by atoms with Crippen molar-refractivity contribution in [2.24, 2.45) is 0 Å². The van der Waals surface area contributed by atoms with E-state index in [9.17, 15) is 0 Å². The quantitative estimate of drug-likeness (QED) is 0.413. The van der Waals surface area contributed by atoms with E-state index in [-0.39, 0.29) is 0 Å². The highest BCUT2D eigenvalue weighted by Gasteiger charge is 2.19. The fourth-order valence-corrected chi connectivity index (χ4v) is 3.84. The van der Waals surface area contributed by atoms with Crippen molar-refractivity contribution in [1.29, 1.82) is 0 Å². The summed E-state index contributed by atoms with van der Waals surface area (Å²) in [6.07, 6.45) is 0. The minimum atomic E-state index is 0.723. The molecule has 0 saturated heterocycles. The van der Waals surface area contributed by atoms with Gasteiger partial charge in [-0.2, -0.15) is 0 Å². The highest BCUT2D eigenvalue weighted by Crippen LogP contribution is 2.30. The Morgan fingerprint density at radius 2 is 1.71 bits per heavy atom. The van der Waals surface area contributed by atoms with Gasteiger partial charge in [-0.15, -0.1) is 10.2 Å². The van der Waals surface area contributed by atoms with Crippen molar-refractivity contribution in [1.82, 2.24) is 19.6 Å². The fraction of sp³-hybridized carbons (Fsp3) is 0.160. The Balaban J connectivity index is 1.73. The number of anilines is 1. The maximum Gasteiger partial charge on any atom is 0.213 e. The minimum absolute atomic E-state index is 0.723. The van der Waals surface area contributed by atoms with Gasteiger partial charge in [0.1, 0.15) is 5.75 Å². The van der Waals surface area contributed by atoms with Gasteiger partial charge in [-0.1, -0.05) is 42.0 Å². The van der Waals surface area contributed by atoms with E-state index in [0.717, 1.165) is 51.7 Å². The molecule has 2 heterocycles. The average molecular weight is 409 g/mol. The lowest BCUT2D eigenvalue weighted by atomic mass is 10.1. The lowest BCUT2D eigenvalue weighted by molar-refractivity contribution is 0.415. The van der Waals surface area contributed by atoms with Crippen LogP contribution in [0.5, 0.6) is 5.75 Å².